The molecule has 1 N–H and O–H groups in total. The fraction of sp³-hybridized carbons (Fsp3) is 0.647. The Balaban J connectivity index is 3.10. The van der Waals surface area contributed by atoms with E-state index in [-0.39, 0.29) is 11.3 Å². The van der Waals surface area contributed by atoms with Gasteiger partial charge in [0.05, 0.1) is 10.5 Å². The summed E-state index contributed by atoms with van der Waals surface area (Å²) in [6.45, 7) is 10.5. The van der Waals surface area contributed by atoms with Crippen LogP contribution in [-0.4, -0.2) is 25.5 Å². The van der Waals surface area contributed by atoms with Crippen molar-refractivity contribution in [1.29, 1.82) is 0 Å². The van der Waals surface area contributed by atoms with Gasteiger partial charge in [-0.1, -0.05) is 43.7 Å². The average Bonchev–Trinajstić information content (AvgIpc) is 2.48. The third kappa shape index (κ3) is 4.55. The Morgan fingerprint density at radius 3 is 2.14 bits per heavy atom. The zero-order chi connectivity index (χ0) is 16.0. The standard InChI is InChI=1S/C17H29NO2S/c1-6-12-18-17(16-10-8-13(3)9-11-16)15(5)21(19,20)14(4)7-2/h8-11,14-15,17-18H,6-7,12H2,1-5H3. The Bertz CT molecular complexity index is 522. The Labute approximate surface area is 130 Å². The topological polar surface area (TPSA) is 46.2 Å². The van der Waals surface area contributed by atoms with E-state index in [2.05, 4.69) is 12.2 Å². The smallest absolute Gasteiger partial charge is 0.157 e. The van der Waals surface area contributed by atoms with E-state index in [4.69, 9.17) is 0 Å². The maximum Gasteiger partial charge on any atom is 0.157 e. The molecule has 1 rings (SSSR count). The number of nitrogens with one attached hydrogen (secondary N) is 1. The molecule has 0 aromatic heterocycles. The first-order valence-electron chi connectivity index (χ1n) is 7.87. The van der Waals surface area contributed by atoms with Gasteiger partial charge in [-0.3, -0.25) is 0 Å². The molecule has 1 aromatic carbocycles. The monoisotopic (exact) mass is 311 g/mol. The largest absolute Gasteiger partial charge is 0.309 e. The van der Waals surface area contributed by atoms with Gasteiger partial charge in [0.2, 0.25) is 0 Å². The minimum absolute atomic E-state index is 0.149. The van der Waals surface area contributed by atoms with E-state index in [1.807, 2.05) is 45.0 Å². The fourth-order valence-corrected chi connectivity index (χ4v) is 4.25. The fourth-order valence-electron chi connectivity index (χ4n) is 2.42. The second-order valence-electron chi connectivity index (χ2n) is 5.86. The second-order valence-corrected chi connectivity index (χ2v) is 8.58. The van der Waals surface area contributed by atoms with Crippen LogP contribution in [0.25, 0.3) is 0 Å². The average molecular weight is 311 g/mol. The molecule has 4 heteroatoms. The maximum atomic E-state index is 12.7. The van der Waals surface area contributed by atoms with E-state index >= 15 is 0 Å². The molecule has 120 valence electrons. The van der Waals surface area contributed by atoms with Gasteiger partial charge in [-0.2, -0.15) is 0 Å². The highest BCUT2D eigenvalue weighted by Crippen LogP contribution is 2.26. The van der Waals surface area contributed by atoms with Crippen LogP contribution in [0.4, 0.5) is 0 Å². The highest BCUT2D eigenvalue weighted by atomic mass is 32.2. The molecule has 0 bridgehead atoms. The van der Waals surface area contributed by atoms with Crippen molar-refractivity contribution in [2.45, 2.75) is 64.0 Å². The summed E-state index contributed by atoms with van der Waals surface area (Å²) in [6.07, 6.45) is 1.64. The Morgan fingerprint density at radius 1 is 1.10 bits per heavy atom. The third-order valence-corrected chi connectivity index (χ3v) is 6.94. The van der Waals surface area contributed by atoms with E-state index in [1.54, 1.807) is 6.92 Å². The van der Waals surface area contributed by atoms with Gasteiger partial charge < -0.3 is 5.32 Å². The maximum absolute atomic E-state index is 12.7. The van der Waals surface area contributed by atoms with Gasteiger partial charge in [0, 0.05) is 6.04 Å². The van der Waals surface area contributed by atoms with Crippen LogP contribution >= 0.6 is 0 Å². The summed E-state index contributed by atoms with van der Waals surface area (Å²) >= 11 is 0. The van der Waals surface area contributed by atoms with Crippen molar-refractivity contribution in [2.75, 3.05) is 6.54 Å². The summed E-state index contributed by atoms with van der Waals surface area (Å²) in [5, 5.41) is 2.68. The highest BCUT2D eigenvalue weighted by Gasteiger charge is 2.33. The summed E-state index contributed by atoms with van der Waals surface area (Å²) in [5.41, 5.74) is 2.24. The third-order valence-electron chi connectivity index (χ3n) is 4.17. The number of sulfone groups is 1. The molecule has 0 spiro atoms. The summed E-state index contributed by atoms with van der Waals surface area (Å²) in [4.78, 5) is 0. The van der Waals surface area contributed by atoms with Crippen molar-refractivity contribution < 1.29 is 8.42 Å². The van der Waals surface area contributed by atoms with E-state index in [0.717, 1.165) is 18.5 Å². The SMILES string of the molecule is CCCNC(c1ccc(C)cc1)C(C)S(=O)(=O)C(C)CC. The Morgan fingerprint density at radius 2 is 1.67 bits per heavy atom. The van der Waals surface area contributed by atoms with E-state index < -0.39 is 15.1 Å². The molecule has 0 saturated heterocycles. The first kappa shape index (κ1) is 18.2. The van der Waals surface area contributed by atoms with Gasteiger partial charge in [-0.15, -0.1) is 0 Å². The predicted molar refractivity (Wildman–Crippen MR) is 90.3 cm³/mol. The molecule has 0 heterocycles. The van der Waals surface area contributed by atoms with Gasteiger partial charge >= 0.3 is 0 Å². The summed E-state index contributed by atoms with van der Waals surface area (Å²) in [6, 6.07) is 8.00. The molecular formula is C17H29NO2S. The predicted octanol–water partition coefficient (Wildman–Crippen LogP) is 3.64. The van der Waals surface area contributed by atoms with Crippen molar-refractivity contribution in [2.24, 2.45) is 0 Å². The van der Waals surface area contributed by atoms with Gasteiger partial charge in [-0.25, -0.2) is 8.42 Å². The molecule has 0 aliphatic carbocycles. The van der Waals surface area contributed by atoms with Crippen LogP contribution in [0.15, 0.2) is 24.3 Å². The Kier molecular flexibility index (Phi) is 6.88. The number of rotatable bonds is 8. The molecule has 0 amide bonds. The van der Waals surface area contributed by atoms with Gasteiger partial charge in [0.15, 0.2) is 9.84 Å². The summed E-state index contributed by atoms with van der Waals surface area (Å²) < 4.78 is 25.3. The van der Waals surface area contributed by atoms with Gasteiger partial charge in [-0.05, 0) is 45.7 Å². The van der Waals surface area contributed by atoms with Crippen LogP contribution in [0.3, 0.4) is 0 Å². The molecule has 21 heavy (non-hydrogen) atoms. The molecule has 3 atom stereocenters. The molecule has 0 fully saturated rings. The lowest BCUT2D eigenvalue weighted by Crippen LogP contribution is -2.39. The lowest BCUT2D eigenvalue weighted by atomic mass is 10.0. The molecule has 0 aliphatic rings. The van der Waals surface area contributed by atoms with Crippen LogP contribution in [0.2, 0.25) is 0 Å². The lowest BCUT2D eigenvalue weighted by Gasteiger charge is -2.28. The first-order chi connectivity index (χ1) is 9.84. The van der Waals surface area contributed by atoms with Gasteiger partial charge in [0.25, 0.3) is 0 Å². The van der Waals surface area contributed by atoms with E-state index in [0.29, 0.717) is 6.42 Å². The zero-order valence-corrected chi connectivity index (χ0v) is 14.7. The molecule has 0 saturated carbocycles. The quantitative estimate of drug-likeness (QED) is 0.797. The highest BCUT2D eigenvalue weighted by molar-refractivity contribution is 7.92. The number of aryl methyl sites for hydroxylation is 1. The molecular weight excluding hydrogens is 282 g/mol. The van der Waals surface area contributed by atoms with Crippen LogP contribution in [0.5, 0.6) is 0 Å². The molecule has 0 radical (unpaired) electrons. The summed E-state index contributed by atoms with van der Waals surface area (Å²) in [7, 11) is -3.14. The van der Waals surface area contributed by atoms with E-state index in [1.165, 1.54) is 5.56 Å². The van der Waals surface area contributed by atoms with Crippen molar-refractivity contribution in [3.8, 4) is 0 Å². The zero-order valence-electron chi connectivity index (χ0n) is 13.9. The summed E-state index contributed by atoms with van der Waals surface area (Å²) in [5.74, 6) is 0. The van der Waals surface area contributed by atoms with Crippen LogP contribution < -0.4 is 5.32 Å². The first-order valence-corrected chi connectivity index (χ1v) is 9.48. The van der Waals surface area contributed by atoms with Crippen molar-refractivity contribution in [1.82, 2.24) is 5.32 Å². The normalized spacial score (nSPS) is 16.4. The van der Waals surface area contributed by atoms with Crippen molar-refractivity contribution in [3.63, 3.8) is 0 Å². The lowest BCUT2D eigenvalue weighted by molar-refractivity contribution is 0.492. The molecule has 3 nitrogen and oxygen atoms in total. The minimum Gasteiger partial charge on any atom is -0.309 e. The molecule has 0 aliphatic heterocycles. The number of hydrogen-bond donors (Lipinski definition) is 1. The van der Waals surface area contributed by atoms with Crippen LogP contribution in [-0.2, 0) is 9.84 Å². The molecule has 1 aromatic rings. The minimum atomic E-state index is -3.14. The number of hydrogen-bond acceptors (Lipinski definition) is 3. The second kappa shape index (κ2) is 7.95. The number of benzene rings is 1. The van der Waals surface area contributed by atoms with Crippen LogP contribution in [0.1, 0.15) is 57.7 Å². The van der Waals surface area contributed by atoms with Crippen molar-refractivity contribution in [3.05, 3.63) is 35.4 Å². The molecule has 3 unspecified atom stereocenters. The van der Waals surface area contributed by atoms with Gasteiger partial charge in [0.1, 0.15) is 0 Å². The van der Waals surface area contributed by atoms with E-state index in [9.17, 15) is 8.42 Å². The van der Waals surface area contributed by atoms with Crippen LogP contribution in [0, 0.1) is 6.92 Å². The van der Waals surface area contributed by atoms with Crippen molar-refractivity contribution >= 4 is 9.84 Å². The Hall–Kier alpha value is -0.870.